The monoisotopic (exact) mass is 286 g/mol. The number of piperidine rings is 1. The maximum Gasteiger partial charge on any atom is 0.126 e. The molecule has 2 heterocycles. The Morgan fingerprint density at radius 1 is 1.29 bits per heavy atom. The summed E-state index contributed by atoms with van der Waals surface area (Å²) >= 11 is 0. The fraction of sp³-hybridized carbons (Fsp3) is 0.588. The molecule has 0 spiro atoms. The van der Waals surface area contributed by atoms with Gasteiger partial charge in [-0.05, 0) is 51.3 Å². The maximum atomic E-state index is 6.11. The smallest absolute Gasteiger partial charge is 0.126 e. The van der Waals surface area contributed by atoms with Gasteiger partial charge in [-0.15, -0.1) is 0 Å². The second kappa shape index (κ2) is 5.78. The third kappa shape index (κ3) is 2.70. The number of nitrogens with two attached hydrogens (primary N) is 1. The van der Waals surface area contributed by atoms with Gasteiger partial charge < -0.3 is 10.3 Å². The third-order valence-electron chi connectivity index (χ3n) is 4.98. The Morgan fingerprint density at radius 3 is 2.76 bits per heavy atom. The highest BCUT2D eigenvalue weighted by atomic mass is 15.2. The van der Waals surface area contributed by atoms with Crippen LogP contribution in [-0.2, 0) is 7.05 Å². The predicted octanol–water partition coefficient (Wildman–Crippen LogP) is 2.69. The van der Waals surface area contributed by atoms with E-state index >= 15 is 0 Å². The molecular formula is C17H26N4. The van der Waals surface area contributed by atoms with Gasteiger partial charge in [-0.25, -0.2) is 4.98 Å². The first-order valence-corrected chi connectivity index (χ1v) is 7.99. The molecule has 1 fully saturated rings. The lowest BCUT2D eigenvalue weighted by atomic mass is 9.91. The fourth-order valence-corrected chi connectivity index (χ4v) is 3.52. The van der Waals surface area contributed by atoms with Crippen LogP contribution in [0.15, 0.2) is 24.3 Å². The molecule has 1 aliphatic heterocycles. The second-order valence-corrected chi connectivity index (χ2v) is 6.45. The lowest BCUT2D eigenvalue weighted by molar-refractivity contribution is 0.116. The van der Waals surface area contributed by atoms with Crippen molar-refractivity contribution in [2.75, 3.05) is 13.1 Å². The molecule has 2 N–H and O–H groups in total. The molecule has 2 aromatic rings. The fourth-order valence-electron chi connectivity index (χ4n) is 3.52. The number of nitrogens with zero attached hydrogens (tertiary/aromatic N) is 3. The first-order valence-electron chi connectivity index (χ1n) is 7.99. The number of hydrogen-bond acceptors (Lipinski definition) is 3. The van der Waals surface area contributed by atoms with Crippen molar-refractivity contribution in [1.82, 2.24) is 14.5 Å². The van der Waals surface area contributed by atoms with E-state index in [0.717, 1.165) is 24.4 Å². The number of benzene rings is 1. The zero-order valence-electron chi connectivity index (χ0n) is 13.3. The quantitative estimate of drug-likeness (QED) is 0.943. The van der Waals surface area contributed by atoms with Crippen LogP contribution < -0.4 is 5.73 Å². The van der Waals surface area contributed by atoms with Crippen LogP contribution in [0.1, 0.15) is 38.6 Å². The summed E-state index contributed by atoms with van der Waals surface area (Å²) in [6.45, 7) is 6.63. The molecule has 1 aromatic carbocycles. The van der Waals surface area contributed by atoms with Gasteiger partial charge >= 0.3 is 0 Å². The zero-order valence-corrected chi connectivity index (χ0v) is 13.3. The summed E-state index contributed by atoms with van der Waals surface area (Å²) in [5.74, 6) is 1.76. The Morgan fingerprint density at radius 2 is 2.05 bits per heavy atom. The minimum absolute atomic E-state index is 0.278. The zero-order chi connectivity index (χ0) is 15.0. The van der Waals surface area contributed by atoms with Crippen LogP contribution in [0.5, 0.6) is 0 Å². The van der Waals surface area contributed by atoms with E-state index in [9.17, 15) is 0 Å². The van der Waals surface area contributed by atoms with E-state index in [4.69, 9.17) is 10.7 Å². The molecule has 0 amide bonds. The molecule has 21 heavy (non-hydrogen) atoms. The van der Waals surface area contributed by atoms with Gasteiger partial charge in [0.05, 0.1) is 17.1 Å². The average Bonchev–Trinajstić information content (AvgIpc) is 2.84. The Kier molecular flexibility index (Phi) is 4.00. The third-order valence-corrected chi connectivity index (χ3v) is 4.98. The van der Waals surface area contributed by atoms with Crippen molar-refractivity contribution >= 4 is 11.0 Å². The molecule has 1 aliphatic rings. The van der Waals surface area contributed by atoms with E-state index < -0.39 is 0 Å². The highest BCUT2D eigenvalue weighted by molar-refractivity contribution is 5.75. The van der Waals surface area contributed by atoms with Gasteiger partial charge in [0.2, 0.25) is 0 Å². The standard InChI is InChI=1S/C17H26N4/c1-12(18)14-7-6-10-21(11-14)13(2)17-19-15-8-4-5-9-16(15)20(17)3/h4-5,8-9,12-14H,6-7,10-11,18H2,1-3H3. The van der Waals surface area contributed by atoms with Crippen LogP contribution in [0, 0.1) is 5.92 Å². The molecule has 3 unspecified atom stereocenters. The van der Waals surface area contributed by atoms with Crippen LogP contribution in [0.4, 0.5) is 0 Å². The summed E-state index contributed by atoms with van der Waals surface area (Å²) in [4.78, 5) is 7.39. The summed E-state index contributed by atoms with van der Waals surface area (Å²) in [6.07, 6.45) is 2.49. The SMILES string of the molecule is CC(N)C1CCCN(C(C)c2nc3ccccc3n2C)C1. The van der Waals surface area contributed by atoms with Gasteiger partial charge in [-0.2, -0.15) is 0 Å². The van der Waals surface area contributed by atoms with Crippen LogP contribution in [0.2, 0.25) is 0 Å². The van der Waals surface area contributed by atoms with Crippen LogP contribution in [0.25, 0.3) is 11.0 Å². The van der Waals surface area contributed by atoms with Crippen molar-refractivity contribution in [1.29, 1.82) is 0 Å². The predicted molar refractivity (Wildman–Crippen MR) is 87.1 cm³/mol. The Balaban J connectivity index is 1.86. The molecule has 0 bridgehead atoms. The van der Waals surface area contributed by atoms with Crippen LogP contribution >= 0.6 is 0 Å². The van der Waals surface area contributed by atoms with E-state index in [1.54, 1.807) is 0 Å². The van der Waals surface area contributed by atoms with Crippen molar-refractivity contribution in [3.05, 3.63) is 30.1 Å². The molecule has 114 valence electrons. The van der Waals surface area contributed by atoms with Crippen molar-refractivity contribution in [2.24, 2.45) is 18.7 Å². The van der Waals surface area contributed by atoms with E-state index in [-0.39, 0.29) is 6.04 Å². The van der Waals surface area contributed by atoms with E-state index in [1.807, 2.05) is 0 Å². The maximum absolute atomic E-state index is 6.11. The van der Waals surface area contributed by atoms with Crippen LogP contribution in [-0.4, -0.2) is 33.6 Å². The van der Waals surface area contributed by atoms with Gasteiger partial charge in [0, 0.05) is 19.6 Å². The number of rotatable bonds is 3. The van der Waals surface area contributed by atoms with E-state index in [2.05, 4.69) is 54.6 Å². The van der Waals surface area contributed by atoms with Crippen LogP contribution in [0.3, 0.4) is 0 Å². The Bertz CT molecular complexity index is 616. The summed E-state index contributed by atoms with van der Waals surface area (Å²) in [5.41, 5.74) is 8.41. The van der Waals surface area contributed by atoms with Gasteiger partial charge in [0.25, 0.3) is 0 Å². The minimum atomic E-state index is 0.278. The second-order valence-electron chi connectivity index (χ2n) is 6.45. The summed E-state index contributed by atoms with van der Waals surface area (Å²) in [7, 11) is 2.12. The average molecular weight is 286 g/mol. The van der Waals surface area contributed by atoms with Gasteiger partial charge in [0.1, 0.15) is 5.82 Å². The number of para-hydroxylation sites is 2. The van der Waals surface area contributed by atoms with Gasteiger partial charge in [0.15, 0.2) is 0 Å². The van der Waals surface area contributed by atoms with E-state index in [1.165, 1.54) is 18.4 Å². The molecular weight excluding hydrogens is 260 g/mol. The first kappa shape index (κ1) is 14.5. The van der Waals surface area contributed by atoms with Gasteiger partial charge in [-0.1, -0.05) is 12.1 Å². The lowest BCUT2D eigenvalue weighted by Crippen LogP contribution is -2.43. The molecule has 4 nitrogen and oxygen atoms in total. The molecule has 1 saturated heterocycles. The summed E-state index contributed by atoms with van der Waals surface area (Å²) in [6, 6.07) is 8.97. The number of imidazole rings is 1. The number of fused-ring (bicyclic) bond motifs is 1. The van der Waals surface area contributed by atoms with Crippen molar-refractivity contribution < 1.29 is 0 Å². The van der Waals surface area contributed by atoms with E-state index in [0.29, 0.717) is 12.0 Å². The van der Waals surface area contributed by atoms with Crippen molar-refractivity contribution in [2.45, 2.75) is 38.8 Å². The topological polar surface area (TPSA) is 47.1 Å². The largest absolute Gasteiger partial charge is 0.330 e. The lowest BCUT2D eigenvalue weighted by Gasteiger charge is -2.37. The number of aryl methyl sites for hydroxylation is 1. The molecule has 0 aliphatic carbocycles. The Hall–Kier alpha value is -1.39. The molecule has 4 heteroatoms. The number of likely N-dealkylation sites (tertiary alicyclic amines) is 1. The molecule has 3 rings (SSSR count). The molecule has 3 atom stereocenters. The highest BCUT2D eigenvalue weighted by Gasteiger charge is 2.28. The van der Waals surface area contributed by atoms with Crippen molar-refractivity contribution in [3.63, 3.8) is 0 Å². The normalized spacial score (nSPS) is 23.3. The molecule has 1 aromatic heterocycles. The summed E-state index contributed by atoms with van der Waals surface area (Å²) < 4.78 is 2.23. The Labute approximate surface area is 126 Å². The molecule has 0 saturated carbocycles. The minimum Gasteiger partial charge on any atom is -0.330 e. The molecule has 0 radical (unpaired) electrons. The summed E-state index contributed by atoms with van der Waals surface area (Å²) in [5, 5.41) is 0. The van der Waals surface area contributed by atoms with Gasteiger partial charge in [-0.3, -0.25) is 4.90 Å². The van der Waals surface area contributed by atoms with Crippen molar-refractivity contribution in [3.8, 4) is 0 Å². The number of hydrogen-bond donors (Lipinski definition) is 1. The highest BCUT2D eigenvalue weighted by Crippen LogP contribution is 2.28. The number of aromatic nitrogens is 2. The first-order chi connectivity index (χ1) is 10.1.